The normalized spacial score (nSPS) is 9.94. The first-order valence-corrected chi connectivity index (χ1v) is 6.23. The van der Waals surface area contributed by atoms with E-state index in [2.05, 4.69) is 21.2 Å². The fourth-order valence-corrected chi connectivity index (χ4v) is 1.65. The number of hydrogen-bond donors (Lipinski definition) is 1. The van der Waals surface area contributed by atoms with Crippen LogP contribution in [0.1, 0.15) is 23.7 Å². The van der Waals surface area contributed by atoms with Crippen molar-refractivity contribution in [2.75, 3.05) is 13.2 Å². The summed E-state index contributed by atoms with van der Waals surface area (Å²) in [5.74, 6) is -1.57. The molecule has 0 spiro atoms. The molecule has 0 aliphatic carbocycles. The van der Waals surface area contributed by atoms with Gasteiger partial charge in [-0.05, 0) is 35.0 Å². The number of carbonyl (C=O) groups excluding carboxylic acids is 2. The minimum Gasteiger partial charge on any atom is -0.466 e. The first-order valence-electron chi connectivity index (χ1n) is 5.44. The Morgan fingerprint density at radius 2 is 2.17 bits per heavy atom. The van der Waals surface area contributed by atoms with Gasteiger partial charge in [0.15, 0.2) is 0 Å². The van der Waals surface area contributed by atoms with Crippen molar-refractivity contribution in [3.8, 4) is 0 Å². The molecule has 1 rings (SSSR count). The van der Waals surface area contributed by atoms with E-state index in [-0.39, 0.29) is 23.0 Å². The third-order valence-electron chi connectivity index (χ3n) is 2.12. The molecule has 0 radical (unpaired) electrons. The third-order valence-corrected chi connectivity index (χ3v) is 2.73. The SMILES string of the molecule is CCOC(=O)CCNC(=O)c1cccc(Br)c1F. The van der Waals surface area contributed by atoms with Gasteiger partial charge in [0.25, 0.3) is 5.91 Å². The lowest BCUT2D eigenvalue weighted by atomic mass is 10.2. The van der Waals surface area contributed by atoms with Crippen LogP contribution in [0.5, 0.6) is 0 Å². The Balaban J connectivity index is 2.51. The molecule has 1 amide bonds. The highest BCUT2D eigenvalue weighted by Gasteiger charge is 2.13. The smallest absolute Gasteiger partial charge is 0.307 e. The molecule has 4 nitrogen and oxygen atoms in total. The monoisotopic (exact) mass is 317 g/mol. The molecule has 0 atom stereocenters. The van der Waals surface area contributed by atoms with E-state index in [1.54, 1.807) is 13.0 Å². The van der Waals surface area contributed by atoms with Gasteiger partial charge >= 0.3 is 5.97 Å². The second-order valence-corrected chi connectivity index (χ2v) is 4.27. The fourth-order valence-electron chi connectivity index (χ4n) is 1.29. The maximum absolute atomic E-state index is 13.6. The first-order chi connectivity index (χ1) is 8.56. The van der Waals surface area contributed by atoms with Crippen molar-refractivity contribution in [3.05, 3.63) is 34.1 Å². The summed E-state index contributed by atoms with van der Waals surface area (Å²) >= 11 is 3.00. The molecule has 0 aromatic heterocycles. The van der Waals surface area contributed by atoms with Crippen LogP contribution in [0.15, 0.2) is 22.7 Å². The lowest BCUT2D eigenvalue weighted by molar-refractivity contribution is -0.142. The Morgan fingerprint density at radius 1 is 1.44 bits per heavy atom. The molecule has 0 saturated carbocycles. The fraction of sp³-hybridized carbons (Fsp3) is 0.333. The van der Waals surface area contributed by atoms with E-state index in [4.69, 9.17) is 4.74 Å². The number of esters is 1. The molecule has 0 aliphatic rings. The molecule has 0 heterocycles. The van der Waals surface area contributed by atoms with E-state index in [1.165, 1.54) is 12.1 Å². The molecule has 0 saturated heterocycles. The highest BCUT2D eigenvalue weighted by atomic mass is 79.9. The second-order valence-electron chi connectivity index (χ2n) is 3.41. The van der Waals surface area contributed by atoms with Gasteiger partial charge in [-0.3, -0.25) is 9.59 Å². The van der Waals surface area contributed by atoms with Crippen LogP contribution in [0.25, 0.3) is 0 Å². The predicted molar refractivity (Wildman–Crippen MR) is 67.7 cm³/mol. The van der Waals surface area contributed by atoms with Crippen LogP contribution in [0, 0.1) is 5.82 Å². The van der Waals surface area contributed by atoms with Gasteiger partial charge in [0.05, 0.1) is 23.1 Å². The Morgan fingerprint density at radius 3 is 2.83 bits per heavy atom. The van der Waals surface area contributed by atoms with E-state index in [0.717, 1.165) is 0 Å². The van der Waals surface area contributed by atoms with Crippen LogP contribution >= 0.6 is 15.9 Å². The molecule has 0 fully saturated rings. The van der Waals surface area contributed by atoms with Gasteiger partial charge in [0, 0.05) is 6.54 Å². The summed E-state index contributed by atoms with van der Waals surface area (Å²) in [4.78, 5) is 22.7. The van der Waals surface area contributed by atoms with Crippen LogP contribution in [0.4, 0.5) is 4.39 Å². The number of ether oxygens (including phenoxy) is 1. The molecule has 1 aromatic rings. The first kappa shape index (κ1) is 14.6. The number of rotatable bonds is 5. The van der Waals surface area contributed by atoms with E-state index >= 15 is 0 Å². The number of amides is 1. The number of benzene rings is 1. The summed E-state index contributed by atoms with van der Waals surface area (Å²) in [6, 6.07) is 4.44. The maximum Gasteiger partial charge on any atom is 0.307 e. The van der Waals surface area contributed by atoms with Gasteiger partial charge in [0.1, 0.15) is 5.82 Å². The van der Waals surface area contributed by atoms with Crippen molar-refractivity contribution < 1.29 is 18.7 Å². The Bertz CT molecular complexity index is 451. The molecule has 0 bridgehead atoms. The topological polar surface area (TPSA) is 55.4 Å². The summed E-state index contributed by atoms with van der Waals surface area (Å²) in [5.41, 5.74) is -0.0618. The molecular weight excluding hydrogens is 305 g/mol. The van der Waals surface area contributed by atoms with Crippen molar-refractivity contribution in [1.82, 2.24) is 5.32 Å². The predicted octanol–water partition coefficient (Wildman–Crippen LogP) is 2.27. The van der Waals surface area contributed by atoms with Crippen LogP contribution in [0.3, 0.4) is 0 Å². The van der Waals surface area contributed by atoms with Crippen molar-refractivity contribution >= 4 is 27.8 Å². The van der Waals surface area contributed by atoms with Gasteiger partial charge in [-0.1, -0.05) is 6.07 Å². The number of nitrogens with one attached hydrogen (secondary N) is 1. The number of carbonyl (C=O) groups is 2. The Labute approximate surface area is 113 Å². The minimum absolute atomic E-state index is 0.0618. The summed E-state index contributed by atoms with van der Waals surface area (Å²) in [5, 5.41) is 2.46. The molecular formula is C12H13BrFNO3. The highest BCUT2D eigenvalue weighted by molar-refractivity contribution is 9.10. The van der Waals surface area contributed by atoms with Gasteiger partial charge in [-0.15, -0.1) is 0 Å². The quantitative estimate of drug-likeness (QED) is 0.848. The van der Waals surface area contributed by atoms with Crippen molar-refractivity contribution in [1.29, 1.82) is 0 Å². The average molecular weight is 318 g/mol. The van der Waals surface area contributed by atoms with E-state index < -0.39 is 17.7 Å². The van der Waals surface area contributed by atoms with Crippen LogP contribution in [0.2, 0.25) is 0 Å². The molecule has 0 aliphatic heterocycles. The minimum atomic E-state index is -0.619. The van der Waals surface area contributed by atoms with Crippen LogP contribution < -0.4 is 5.32 Å². The molecule has 98 valence electrons. The molecule has 1 aromatic carbocycles. The summed E-state index contributed by atoms with van der Waals surface area (Å²) < 4.78 is 18.5. The molecule has 6 heteroatoms. The van der Waals surface area contributed by atoms with E-state index in [0.29, 0.717) is 6.61 Å². The maximum atomic E-state index is 13.6. The van der Waals surface area contributed by atoms with Gasteiger partial charge in [0.2, 0.25) is 0 Å². The molecule has 1 N–H and O–H groups in total. The number of halogens is 2. The van der Waals surface area contributed by atoms with Gasteiger partial charge in [-0.25, -0.2) is 4.39 Å². The van der Waals surface area contributed by atoms with Crippen LogP contribution in [-0.2, 0) is 9.53 Å². The van der Waals surface area contributed by atoms with Gasteiger partial charge in [-0.2, -0.15) is 0 Å². The third kappa shape index (κ3) is 4.10. The summed E-state index contributed by atoms with van der Waals surface area (Å²) in [6.45, 7) is 2.12. The second kappa shape index (κ2) is 7.10. The lowest BCUT2D eigenvalue weighted by Gasteiger charge is -2.06. The Hall–Kier alpha value is -1.43. The molecule has 0 unspecified atom stereocenters. The van der Waals surface area contributed by atoms with Crippen molar-refractivity contribution in [2.45, 2.75) is 13.3 Å². The Kier molecular flexibility index (Phi) is 5.77. The van der Waals surface area contributed by atoms with Crippen molar-refractivity contribution in [3.63, 3.8) is 0 Å². The highest BCUT2D eigenvalue weighted by Crippen LogP contribution is 2.18. The summed E-state index contributed by atoms with van der Waals surface area (Å²) in [7, 11) is 0. The molecule has 18 heavy (non-hydrogen) atoms. The zero-order chi connectivity index (χ0) is 13.5. The van der Waals surface area contributed by atoms with Gasteiger partial charge < -0.3 is 10.1 Å². The standard InChI is InChI=1S/C12H13BrFNO3/c1-2-18-10(16)6-7-15-12(17)8-4-3-5-9(13)11(8)14/h3-5H,2,6-7H2,1H3,(H,15,17). The lowest BCUT2D eigenvalue weighted by Crippen LogP contribution is -2.27. The zero-order valence-electron chi connectivity index (χ0n) is 9.83. The van der Waals surface area contributed by atoms with Crippen molar-refractivity contribution in [2.24, 2.45) is 0 Å². The van der Waals surface area contributed by atoms with Crippen LogP contribution in [-0.4, -0.2) is 25.0 Å². The zero-order valence-corrected chi connectivity index (χ0v) is 11.4. The van der Waals surface area contributed by atoms with E-state index in [1.807, 2.05) is 0 Å². The average Bonchev–Trinajstić information content (AvgIpc) is 2.33. The largest absolute Gasteiger partial charge is 0.466 e. The van der Waals surface area contributed by atoms with E-state index in [9.17, 15) is 14.0 Å². The summed E-state index contributed by atoms with van der Waals surface area (Å²) in [6.07, 6.45) is 0.0647. The number of hydrogen-bond acceptors (Lipinski definition) is 3.